The van der Waals surface area contributed by atoms with Crippen molar-refractivity contribution in [1.82, 2.24) is 25.0 Å². The molecular weight excluding hydrogens is 371 g/mol. The molecule has 0 saturated carbocycles. The van der Waals surface area contributed by atoms with E-state index in [4.69, 9.17) is 5.73 Å². The number of likely N-dealkylation sites (tertiary alicyclic amines) is 1. The Hall–Kier alpha value is -3.26. The molecule has 8 heteroatoms. The lowest BCUT2D eigenvalue weighted by Gasteiger charge is -2.14. The fourth-order valence-electron chi connectivity index (χ4n) is 3.62. The van der Waals surface area contributed by atoms with Crippen LogP contribution in [-0.4, -0.2) is 51.8 Å². The summed E-state index contributed by atoms with van der Waals surface area (Å²) in [5.41, 5.74) is 8.95. The molecular formula is C21H23FN6O. The number of nitrogens with one attached hydrogen (secondary N) is 1. The average Bonchev–Trinajstić information content (AvgIpc) is 3.30. The molecule has 3 N–H and O–H groups in total. The summed E-state index contributed by atoms with van der Waals surface area (Å²) in [6.07, 6.45) is 6.12. The zero-order chi connectivity index (χ0) is 20.5. The Morgan fingerprint density at radius 3 is 2.69 bits per heavy atom. The number of hydrogen-bond acceptors (Lipinski definition) is 5. The number of aryl methyl sites for hydroxylation is 1. The summed E-state index contributed by atoms with van der Waals surface area (Å²) in [6, 6.07) is 6.41. The van der Waals surface area contributed by atoms with Gasteiger partial charge in [-0.25, -0.2) is 9.37 Å². The Labute approximate surface area is 168 Å². The van der Waals surface area contributed by atoms with Gasteiger partial charge in [-0.15, -0.1) is 0 Å². The molecule has 3 heterocycles. The highest BCUT2D eigenvalue weighted by Crippen LogP contribution is 2.30. The van der Waals surface area contributed by atoms with Crippen molar-refractivity contribution in [2.75, 3.05) is 25.9 Å². The number of aromatic nitrogens is 3. The third-order valence-electron chi connectivity index (χ3n) is 5.21. The summed E-state index contributed by atoms with van der Waals surface area (Å²) < 4.78 is 16.4. The first-order valence-electron chi connectivity index (χ1n) is 9.44. The first-order valence-corrected chi connectivity index (χ1v) is 9.44. The summed E-state index contributed by atoms with van der Waals surface area (Å²) in [5.74, 6) is -0.690. The van der Waals surface area contributed by atoms with Crippen molar-refractivity contribution >= 4 is 11.7 Å². The Bertz CT molecular complexity index is 1060. The molecule has 2 aromatic heterocycles. The van der Waals surface area contributed by atoms with E-state index in [1.165, 1.54) is 12.1 Å². The van der Waals surface area contributed by atoms with Crippen LogP contribution in [0.15, 0.2) is 42.9 Å². The van der Waals surface area contributed by atoms with Crippen LogP contribution in [0.2, 0.25) is 0 Å². The quantitative estimate of drug-likeness (QED) is 0.709. The van der Waals surface area contributed by atoms with E-state index >= 15 is 0 Å². The monoisotopic (exact) mass is 394 g/mol. The molecule has 150 valence electrons. The van der Waals surface area contributed by atoms with Crippen molar-refractivity contribution in [3.05, 3.63) is 54.2 Å². The Kier molecular flexibility index (Phi) is 5.02. The van der Waals surface area contributed by atoms with E-state index in [0.717, 1.165) is 30.6 Å². The Balaban J connectivity index is 1.60. The summed E-state index contributed by atoms with van der Waals surface area (Å²) in [6.45, 7) is 1.70. The van der Waals surface area contributed by atoms with Crippen LogP contribution in [0.3, 0.4) is 0 Å². The fraction of sp³-hybridized carbons (Fsp3) is 0.286. The molecule has 0 unspecified atom stereocenters. The van der Waals surface area contributed by atoms with E-state index in [-0.39, 0.29) is 11.6 Å². The van der Waals surface area contributed by atoms with Crippen LogP contribution < -0.4 is 11.1 Å². The van der Waals surface area contributed by atoms with Crippen LogP contribution in [0.1, 0.15) is 16.8 Å². The minimum atomic E-state index is -0.586. The number of likely N-dealkylation sites (N-methyl/N-ethyl adjacent to an activating group) is 1. The van der Waals surface area contributed by atoms with Gasteiger partial charge >= 0.3 is 0 Å². The maximum atomic E-state index is 14.7. The second-order valence-corrected chi connectivity index (χ2v) is 7.48. The number of nitrogens with two attached hydrogens (primary N) is 1. The molecule has 1 fully saturated rings. The minimum absolute atomic E-state index is 0.0262. The van der Waals surface area contributed by atoms with Crippen molar-refractivity contribution in [3.63, 3.8) is 0 Å². The van der Waals surface area contributed by atoms with Gasteiger partial charge < -0.3 is 16.0 Å². The number of hydrogen-bond donors (Lipinski definition) is 2. The van der Waals surface area contributed by atoms with Crippen LogP contribution in [-0.2, 0) is 7.05 Å². The molecule has 1 atom stereocenters. The Morgan fingerprint density at radius 2 is 2.03 bits per heavy atom. The van der Waals surface area contributed by atoms with E-state index in [2.05, 4.69) is 20.3 Å². The van der Waals surface area contributed by atoms with Gasteiger partial charge in [0.2, 0.25) is 0 Å². The van der Waals surface area contributed by atoms with Crippen LogP contribution in [0, 0.1) is 5.82 Å². The zero-order valence-electron chi connectivity index (χ0n) is 16.4. The highest BCUT2D eigenvalue weighted by molar-refractivity contribution is 5.95. The number of carbonyl (C=O) groups is 1. The second kappa shape index (κ2) is 7.63. The molecule has 3 aromatic rings. The average molecular weight is 394 g/mol. The number of nitrogen functional groups attached to an aromatic ring is 1. The highest BCUT2D eigenvalue weighted by atomic mass is 19.1. The van der Waals surface area contributed by atoms with Gasteiger partial charge in [-0.1, -0.05) is 6.07 Å². The molecule has 1 aliphatic heterocycles. The minimum Gasteiger partial charge on any atom is -0.383 e. The number of carbonyl (C=O) groups excluding carboxylic acids is 1. The van der Waals surface area contributed by atoms with Crippen LogP contribution in [0.5, 0.6) is 0 Å². The third kappa shape index (κ3) is 3.97. The fourth-order valence-corrected chi connectivity index (χ4v) is 3.62. The molecule has 0 radical (unpaired) electrons. The predicted molar refractivity (Wildman–Crippen MR) is 110 cm³/mol. The van der Waals surface area contributed by atoms with Gasteiger partial charge in [-0.2, -0.15) is 5.10 Å². The standard InChI is InChI=1S/C21H23FN6O/c1-27-6-5-16(12-27)26-21(29)17-4-3-13(8-19(17)22)18-7-14(9-24-20(18)23)15-10-25-28(2)11-15/h3-4,7-11,16H,5-6,12H2,1-2H3,(H2,23,24)(H,26,29)/t16-/m0/s1. The second-order valence-electron chi connectivity index (χ2n) is 7.48. The topological polar surface area (TPSA) is 89.1 Å². The molecule has 1 amide bonds. The number of benzene rings is 1. The van der Waals surface area contributed by atoms with E-state index < -0.39 is 11.7 Å². The van der Waals surface area contributed by atoms with Crippen molar-refractivity contribution < 1.29 is 9.18 Å². The summed E-state index contributed by atoms with van der Waals surface area (Å²) in [4.78, 5) is 18.8. The van der Waals surface area contributed by atoms with Crippen LogP contribution in [0.4, 0.5) is 10.2 Å². The van der Waals surface area contributed by atoms with Gasteiger partial charge in [-0.3, -0.25) is 9.48 Å². The SMILES string of the molecule is CN1CC[C@H](NC(=O)c2ccc(-c3cc(-c4cnn(C)c4)cnc3N)cc2F)C1. The van der Waals surface area contributed by atoms with E-state index in [1.807, 2.05) is 26.4 Å². The molecule has 1 aromatic carbocycles. The maximum absolute atomic E-state index is 14.7. The van der Waals surface area contributed by atoms with Crippen molar-refractivity contribution in [2.24, 2.45) is 7.05 Å². The molecule has 0 spiro atoms. The summed E-state index contributed by atoms with van der Waals surface area (Å²) >= 11 is 0. The smallest absolute Gasteiger partial charge is 0.254 e. The van der Waals surface area contributed by atoms with Gasteiger partial charge in [0.05, 0.1) is 11.8 Å². The predicted octanol–water partition coefficient (Wildman–Crippen LogP) is 2.30. The highest BCUT2D eigenvalue weighted by Gasteiger charge is 2.23. The molecule has 0 bridgehead atoms. The normalized spacial score (nSPS) is 16.9. The van der Waals surface area contributed by atoms with E-state index in [9.17, 15) is 9.18 Å². The molecule has 7 nitrogen and oxygen atoms in total. The largest absolute Gasteiger partial charge is 0.383 e. The van der Waals surface area contributed by atoms with Gasteiger partial charge in [0.15, 0.2) is 0 Å². The van der Waals surface area contributed by atoms with Crippen LogP contribution >= 0.6 is 0 Å². The van der Waals surface area contributed by atoms with Gasteiger partial charge in [-0.05, 0) is 43.8 Å². The molecule has 29 heavy (non-hydrogen) atoms. The molecule has 1 saturated heterocycles. The molecule has 0 aliphatic carbocycles. The molecule has 4 rings (SSSR count). The number of rotatable bonds is 4. The number of amides is 1. The van der Waals surface area contributed by atoms with Crippen LogP contribution in [0.25, 0.3) is 22.3 Å². The first kappa shape index (κ1) is 19.1. The molecule has 1 aliphatic rings. The lowest BCUT2D eigenvalue weighted by atomic mass is 10.0. The van der Waals surface area contributed by atoms with Gasteiger partial charge in [0.25, 0.3) is 5.91 Å². The number of halogens is 1. The lowest BCUT2D eigenvalue weighted by Crippen LogP contribution is -2.36. The Morgan fingerprint density at radius 1 is 1.21 bits per heavy atom. The lowest BCUT2D eigenvalue weighted by molar-refractivity contribution is 0.0934. The van der Waals surface area contributed by atoms with Gasteiger partial charge in [0.1, 0.15) is 11.6 Å². The van der Waals surface area contributed by atoms with Crippen molar-refractivity contribution in [2.45, 2.75) is 12.5 Å². The third-order valence-corrected chi connectivity index (χ3v) is 5.21. The van der Waals surface area contributed by atoms with Crippen molar-refractivity contribution in [3.8, 4) is 22.3 Å². The van der Waals surface area contributed by atoms with Gasteiger partial charge in [0, 0.05) is 48.7 Å². The zero-order valence-corrected chi connectivity index (χ0v) is 16.4. The number of nitrogens with zero attached hydrogens (tertiary/aromatic N) is 4. The first-order chi connectivity index (χ1) is 13.9. The number of anilines is 1. The maximum Gasteiger partial charge on any atom is 0.254 e. The summed E-state index contributed by atoms with van der Waals surface area (Å²) in [5, 5.41) is 7.06. The van der Waals surface area contributed by atoms with Crippen molar-refractivity contribution in [1.29, 1.82) is 0 Å². The summed E-state index contributed by atoms with van der Waals surface area (Å²) in [7, 11) is 3.83. The van der Waals surface area contributed by atoms with E-state index in [0.29, 0.717) is 16.9 Å². The number of pyridine rings is 1. The van der Waals surface area contributed by atoms with E-state index in [1.54, 1.807) is 23.1 Å².